The Kier molecular flexibility index (Phi) is 4.11. The molecule has 0 spiro atoms. The molecule has 2 heterocycles. The summed E-state index contributed by atoms with van der Waals surface area (Å²) in [4.78, 5) is 28.9. The summed E-state index contributed by atoms with van der Waals surface area (Å²) in [5.41, 5.74) is 2.60. The molecule has 0 aliphatic carbocycles. The van der Waals surface area contributed by atoms with Crippen LogP contribution in [0.25, 0.3) is 10.9 Å². The van der Waals surface area contributed by atoms with Gasteiger partial charge in [-0.15, -0.1) is 0 Å². The van der Waals surface area contributed by atoms with Crippen molar-refractivity contribution < 1.29 is 14.7 Å². The Balaban J connectivity index is 1.93. The van der Waals surface area contributed by atoms with Crippen LogP contribution in [-0.2, 0) is 10.2 Å². The van der Waals surface area contributed by atoms with Crippen molar-refractivity contribution in [3.8, 4) is 0 Å². The number of rotatable bonds is 2. The fourth-order valence-corrected chi connectivity index (χ4v) is 3.29. The van der Waals surface area contributed by atoms with Gasteiger partial charge < -0.3 is 15.0 Å². The molecule has 1 aromatic carbocycles. The summed E-state index contributed by atoms with van der Waals surface area (Å²) < 4.78 is 0. The third kappa shape index (κ3) is 3.03. The number of hydrogen-bond donors (Lipinski definition) is 2. The molecule has 2 N–H and O–H groups in total. The number of carboxylic acid groups (broad SMARTS) is 1. The highest BCUT2D eigenvalue weighted by molar-refractivity contribution is 5.99. The van der Waals surface area contributed by atoms with E-state index in [0.29, 0.717) is 18.7 Å². The lowest BCUT2D eigenvalue weighted by atomic mass is 9.87. The Morgan fingerprint density at radius 3 is 2.62 bits per heavy atom. The summed E-state index contributed by atoms with van der Waals surface area (Å²) in [6.07, 6.45) is 2.22. The first-order chi connectivity index (χ1) is 11.3. The van der Waals surface area contributed by atoms with Gasteiger partial charge >= 0.3 is 5.97 Å². The van der Waals surface area contributed by atoms with Gasteiger partial charge in [-0.1, -0.05) is 32.9 Å². The molecule has 5 nitrogen and oxygen atoms in total. The highest BCUT2D eigenvalue weighted by atomic mass is 16.4. The zero-order valence-corrected chi connectivity index (χ0v) is 14.4. The first-order valence-electron chi connectivity index (χ1n) is 8.44. The third-order valence-corrected chi connectivity index (χ3v) is 4.77. The van der Waals surface area contributed by atoms with Crippen LogP contribution in [0.4, 0.5) is 0 Å². The molecule has 1 amide bonds. The van der Waals surface area contributed by atoms with Gasteiger partial charge in [0, 0.05) is 17.4 Å². The molecule has 1 saturated heterocycles. The predicted molar refractivity (Wildman–Crippen MR) is 93.3 cm³/mol. The van der Waals surface area contributed by atoms with E-state index in [1.165, 1.54) is 10.5 Å². The molecule has 128 valence electrons. The van der Waals surface area contributed by atoms with Crippen molar-refractivity contribution in [3.63, 3.8) is 0 Å². The summed E-state index contributed by atoms with van der Waals surface area (Å²) in [6.45, 7) is 6.94. The molecule has 24 heavy (non-hydrogen) atoms. The van der Waals surface area contributed by atoms with Crippen LogP contribution < -0.4 is 0 Å². The van der Waals surface area contributed by atoms with Crippen LogP contribution in [0.5, 0.6) is 0 Å². The van der Waals surface area contributed by atoms with Crippen LogP contribution in [0.15, 0.2) is 24.3 Å². The molecule has 2 aromatic rings. The minimum absolute atomic E-state index is 0.0325. The Labute approximate surface area is 141 Å². The van der Waals surface area contributed by atoms with Gasteiger partial charge in [0.05, 0.1) is 0 Å². The van der Waals surface area contributed by atoms with Gasteiger partial charge in [-0.25, -0.2) is 4.79 Å². The molecule has 3 rings (SSSR count). The zero-order chi connectivity index (χ0) is 17.5. The minimum atomic E-state index is -0.922. The number of nitrogens with one attached hydrogen (secondary N) is 1. The van der Waals surface area contributed by atoms with E-state index in [1.807, 2.05) is 12.1 Å². The maximum absolute atomic E-state index is 12.8. The van der Waals surface area contributed by atoms with E-state index >= 15 is 0 Å². The number of carbonyl (C=O) groups is 2. The zero-order valence-electron chi connectivity index (χ0n) is 14.4. The first kappa shape index (κ1) is 16.6. The van der Waals surface area contributed by atoms with Crippen LogP contribution in [0.3, 0.4) is 0 Å². The third-order valence-electron chi connectivity index (χ3n) is 4.77. The lowest BCUT2D eigenvalue weighted by molar-refractivity contribution is -0.143. The van der Waals surface area contributed by atoms with E-state index in [2.05, 4.69) is 37.9 Å². The van der Waals surface area contributed by atoms with Crippen LogP contribution in [0, 0.1) is 0 Å². The van der Waals surface area contributed by atoms with Crippen LogP contribution >= 0.6 is 0 Å². The SMILES string of the molecule is CC(C)(C)c1ccc2cc(C(=O)N3CCCC[C@@H]3C(=O)O)[nH]c2c1. The fourth-order valence-electron chi connectivity index (χ4n) is 3.29. The van der Waals surface area contributed by atoms with Crippen molar-refractivity contribution in [1.82, 2.24) is 9.88 Å². The van der Waals surface area contributed by atoms with Crippen LogP contribution in [0.1, 0.15) is 56.1 Å². The predicted octanol–water partition coefficient (Wildman–Crippen LogP) is 3.54. The second kappa shape index (κ2) is 5.96. The molecule has 0 saturated carbocycles. The molecular weight excluding hydrogens is 304 g/mol. The topological polar surface area (TPSA) is 73.4 Å². The number of benzene rings is 1. The average Bonchev–Trinajstić information content (AvgIpc) is 2.96. The van der Waals surface area contributed by atoms with Gasteiger partial charge in [-0.3, -0.25) is 4.79 Å². The number of carboxylic acids is 1. The van der Waals surface area contributed by atoms with Crippen molar-refractivity contribution in [2.45, 2.75) is 51.5 Å². The number of aromatic nitrogens is 1. The summed E-state index contributed by atoms with van der Waals surface area (Å²) in [7, 11) is 0. The Morgan fingerprint density at radius 1 is 1.21 bits per heavy atom. The van der Waals surface area contributed by atoms with Gasteiger partial charge in [0.1, 0.15) is 11.7 Å². The van der Waals surface area contributed by atoms with Gasteiger partial charge in [-0.2, -0.15) is 0 Å². The number of aliphatic carboxylic acids is 1. The fraction of sp³-hybridized carbons (Fsp3) is 0.474. The second-order valence-corrected chi connectivity index (χ2v) is 7.58. The van der Waals surface area contributed by atoms with Gasteiger partial charge in [0.15, 0.2) is 0 Å². The quantitative estimate of drug-likeness (QED) is 0.885. The number of aromatic amines is 1. The first-order valence-corrected chi connectivity index (χ1v) is 8.44. The maximum Gasteiger partial charge on any atom is 0.326 e. The van der Waals surface area contributed by atoms with Gasteiger partial charge in [0.25, 0.3) is 5.91 Å². The van der Waals surface area contributed by atoms with Crippen molar-refractivity contribution in [2.24, 2.45) is 0 Å². The highest BCUT2D eigenvalue weighted by Gasteiger charge is 2.33. The van der Waals surface area contributed by atoms with E-state index in [0.717, 1.165) is 23.7 Å². The number of amides is 1. The van der Waals surface area contributed by atoms with E-state index in [4.69, 9.17) is 0 Å². The molecular formula is C19H24N2O3. The van der Waals surface area contributed by atoms with Crippen LogP contribution in [-0.4, -0.2) is 39.5 Å². The summed E-state index contributed by atoms with van der Waals surface area (Å²) in [5, 5.41) is 10.3. The van der Waals surface area contributed by atoms with E-state index in [-0.39, 0.29) is 11.3 Å². The molecule has 1 aliphatic rings. The molecule has 0 bridgehead atoms. The Bertz CT molecular complexity index is 785. The molecule has 1 fully saturated rings. The molecule has 0 radical (unpaired) electrons. The average molecular weight is 328 g/mol. The van der Waals surface area contributed by atoms with Crippen molar-refractivity contribution in [3.05, 3.63) is 35.5 Å². The smallest absolute Gasteiger partial charge is 0.326 e. The van der Waals surface area contributed by atoms with E-state index in [9.17, 15) is 14.7 Å². The summed E-state index contributed by atoms with van der Waals surface area (Å²) in [5.74, 6) is -1.15. The number of fused-ring (bicyclic) bond motifs is 1. The number of hydrogen-bond acceptors (Lipinski definition) is 2. The lowest BCUT2D eigenvalue weighted by Crippen LogP contribution is -2.48. The molecule has 1 atom stereocenters. The normalized spacial score (nSPS) is 18.8. The lowest BCUT2D eigenvalue weighted by Gasteiger charge is -2.32. The Morgan fingerprint density at radius 2 is 1.96 bits per heavy atom. The van der Waals surface area contributed by atoms with Crippen molar-refractivity contribution in [1.29, 1.82) is 0 Å². The van der Waals surface area contributed by atoms with Gasteiger partial charge in [-0.05, 0) is 42.4 Å². The molecule has 1 aromatic heterocycles. The van der Waals surface area contributed by atoms with E-state index < -0.39 is 12.0 Å². The monoisotopic (exact) mass is 328 g/mol. The molecule has 0 unspecified atom stereocenters. The Hall–Kier alpha value is -2.30. The minimum Gasteiger partial charge on any atom is -0.480 e. The number of nitrogens with zero attached hydrogens (tertiary/aromatic N) is 1. The van der Waals surface area contributed by atoms with Crippen LogP contribution in [0.2, 0.25) is 0 Å². The maximum atomic E-state index is 12.8. The standard InChI is InChI=1S/C19H24N2O3/c1-19(2,3)13-8-7-12-10-15(20-14(12)11-13)17(22)21-9-5-4-6-16(21)18(23)24/h7-8,10-11,16,20H,4-6,9H2,1-3H3,(H,23,24)/t16-/m1/s1. The van der Waals surface area contributed by atoms with Crippen molar-refractivity contribution in [2.75, 3.05) is 6.54 Å². The second-order valence-electron chi connectivity index (χ2n) is 7.58. The molecule has 1 aliphatic heterocycles. The summed E-state index contributed by atoms with van der Waals surface area (Å²) in [6, 6.07) is 7.25. The number of H-pyrrole nitrogens is 1. The van der Waals surface area contributed by atoms with Crippen molar-refractivity contribution >= 4 is 22.8 Å². The highest BCUT2D eigenvalue weighted by Crippen LogP contribution is 2.27. The number of piperidine rings is 1. The van der Waals surface area contributed by atoms with Gasteiger partial charge in [0.2, 0.25) is 0 Å². The number of carbonyl (C=O) groups excluding carboxylic acids is 1. The van der Waals surface area contributed by atoms with E-state index in [1.54, 1.807) is 0 Å². The summed E-state index contributed by atoms with van der Waals surface area (Å²) >= 11 is 0. The largest absolute Gasteiger partial charge is 0.480 e. The molecule has 5 heteroatoms. The number of likely N-dealkylation sites (tertiary alicyclic amines) is 1.